The Kier molecular flexibility index (Phi) is 3.28. The average molecular weight is 298 g/mol. The van der Waals surface area contributed by atoms with Crippen LogP contribution in [0.3, 0.4) is 0 Å². The Hall–Kier alpha value is -1.63. The van der Waals surface area contributed by atoms with Gasteiger partial charge in [0.25, 0.3) is 5.91 Å². The summed E-state index contributed by atoms with van der Waals surface area (Å²) in [5, 5.41) is 10.5. The van der Waals surface area contributed by atoms with Crippen molar-refractivity contribution in [2.75, 3.05) is 7.05 Å². The number of nitrogens with one attached hydrogen (secondary N) is 1. The van der Waals surface area contributed by atoms with Crippen molar-refractivity contribution in [1.82, 2.24) is 24.9 Å². The van der Waals surface area contributed by atoms with Crippen LogP contribution in [0.4, 0.5) is 0 Å². The lowest BCUT2D eigenvalue weighted by atomic mass is 10.3. The number of nitrogens with zero attached hydrogens (tertiary/aromatic N) is 4. The molecule has 0 saturated heterocycles. The van der Waals surface area contributed by atoms with Crippen LogP contribution in [0.15, 0.2) is 22.9 Å². The van der Waals surface area contributed by atoms with Crippen LogP contribution < -0.4 is 0 Å². The lowest BCUT2D eigenvalue weighted by Crippen LogP contribution is -2.27. The molecule has 0 aliphatic rings. The predicted molar refractivity (Wildman–Crippen MR) is 65.3 cm³/mol. The summed E-state index contributed by atoms with van der Waals surface area (Å²) in [6, 6.07) is 1.88. The second-order valence-corrected chi connectivity index (χ2v) is 4.55. The standard InChI is InChI=1S/C10H12BrN5O/c1-15(6-7-3-4-13-16(7)2)10(17)9-8(11)5-12-14-9/h3-5H,6H2,1-2H3,(H,12,14). The number of amides is 1. The molecule has 17 heavy (non-hydrogen) atoms. The fraction of sp³-hybridized carbons (Fsp3) is 0.300. The van der Waals surface area contributed by atoms with Gasteiger partial charge < -0.3 is 4.90 Å². The van der Waals surface area contributed by atoms with E-state index in [1.165, 1.54) is 0 Å². The maximum Gasteiger partial charge on any atom is 0.273 e. The van der Waals surface area contributed by atoms with Gasteiger partial charge in [-0.25, -0.2) is 0 Å². The molecule has 1 amide bonds. The Morgan fingerprint density at radius 1 is 1.65 bits per heavy atom. The average Bonchev–Trinajstić information content (AvgIpc) is 2.88. The Balaban J connectivity index is 2.11. The smallest absolute Gasteiger partial charge is 0.273 e. The number of hydrogen-bond donors (Lipinski definition) is 1. The molecule has 6 nitrogen and oxygen atoms in total. The zero-order valence-corrected chi connectivity index (χ0v) is 11.1. The summed E-state index contributed by atoms with van der Waals surface area (Å²) >= 11 is 3.27. The van der Waals surface area contributed by atoms with Gasteiger partial charge in [0, 0.05) is 20.3 Å². The molecule has 2 rings (SSSR count). The molecule has 0 fully saturated rings. The molecule has 2 heterocycles. The minimum atomic E-state index is -0.115. The number of carbonyl (C=O) groups excluding carboxylic acids is 1. The van der Waals surface area contributed by atoms with Gasteiger partial charge in [0.05, 0.1) is 22.9 Å². The zero-order chi connectivity index (χ0) is 12.4. The molecule has 7 heteroatoms. The fourth-order valence-electron chi connectivity index (χ4n) is 1.48. The minimum absolute atomic E-state index is 0.115. The van der Waals surface area contributed by atoms with Gasteiger partial charge >= 0.3 is 0 Å². The number of halogens is 1. The van der Waals surface area contributed by atoms with E-state index >= 15 is 0 Å². The molecule has 1 N–H and O–H groups in total. The Morgan fingerprint density at radius 3 is 2.94 bits per heavy atom. The zero-order valence-electron chi connectivity index (χ0n) is 9.51. The van der Waals surface area contributed by atoms with Crippen LogP contribution >= 0.6 is 15.9 Å². The van der Waals surface area contributed by atoms with E-state index in [-0.39, 0.29) is 5.91 Å². The summed E-state index contributed by atoms with van der Waals surface area (Å²) in [4.78, 5) is 13.7. The van der Waals surface area contributed by atoms with Crippen molar-refractivity contribution in [2.24, 2.45) is 7.05 Å². The van der Waals surface area contributed by atoms with Crippen LogP contribution in [-0.4, -0.2) is 37.8 Å². The highest BCUT2D eigenvalue weighted by molar-refractivity contribution is 9.10. The normalized spacial score (nSPS) is 10.5. The van der Waals surface area contributed by atoms with Gasteiger partial charge in [-0.3, -0.25) is 14.6 Å². The van der Waals surface area contributed by atoms with Crippen LogP contribution in [-0.2, 0) is 13.6 Å². The molecule has 90 valence electrons. The van der Waals surface area contributed by atoms with E-state index in [9.17, 15) is 4.79 Å². The molecule has 0 bridgehead atoms. The summed E-state index contributed by atoms with van der Waals surface area (Å²) in [5.41, 5.74) is 1.42. The summed E-state index contributed by atoms with van der Waals surface area (Å²) in [6.07, 6.45) is 3.27. The molecule has 0 spiro atoms. The van der Waals surface area contributed by atoms with E-state index in [4.69, 9.17) is 0 Å². The summed E-state index contributed by atoms with van der Waals surface area (Å²) < 4.78 is 2.41. The highest BCUT2D eigenvalue weighted by Crippen LogP contribution is 2.15. The third-order valence-corrected chi connectivity index (χ3v) is 3.08. The van der Waals surface area contributed by atoms with Gasteiger partial charge in [0.15, 0.2) is 0 Å². The van der Waals surface area contributed by atoms with Crippen LogP contribution in [0.2, 0.25) is 0 Å². The van der Waals surface area contributed by atoms with Gasteiger partial charge in [0.1, 0.15) is 5.69 Å². The first-order chi connectivity index (χ1) is 8.09. The topological polar surface area (TPSA) is 66.8 Å². The van der Waals surface area contributed by atoms with Crippen molar-refractivity contribution < 1.29 is 4.79 Å². The summed E-state index contributed by atoms with van der Waals surface area (Å²) in [5.74, 6) is -0.115. The van der Waals surface area contributed by atoms with Crippen molar-refractivity contribution in [3.8, 4) is 0 Å². The van der Waals surface area contributed by atoms with Crippen molar-refractivity contribution in [3.63, 3.8) is 0 Å². The number of aromatic nitrogens is 4. The van der Waals surface area contributed by atoms with E-state index in [2.05, 4.69) is 31.2 Å². The number of hydrogen-bond acceptors (Lipinski definition) is 3. The van der Waals surface area contributed by atoms with Gasteiger partial charge in [-0.15, -0.1) is 0 Å². The largest absolute Gasteiger partial charge is 0.334 e. The minimum Gasteiger partial charge on any atom is -0.334 e. The maximum atomic E-state index is 12.1. The van der Waals surface area contributed by atoms with E-state index < -0.39 is 0 Å². The molecule has 0 atom stereocenters. The molecule has 0 saturated carbocycles. The maximum absolute atomic E-state index is 12.1. The lowest BCUT2D eigenvalue weighted by Gasteiger charge is -2.16. The van der Waals surface area contributed by atoms with Gasteiger partial charge in [0.2, 0.25) is 0 Å². The fourth-order valence-corrected chi connectivity index (χ4v) is 1.84. The quantitative estimate of drug-likeness (QED) is 0.925. The van der Waals surface area contributed by atoms with Crippen LogP contribution in [0.1, 0.15) is 16.2 Å². The first kappa shape index (κ1) is 11.8. The second kappa shape index (κ2) is 4.70. The predicted octanol–water partition coefficient (Wildman–Crippen LogP) is 1.18. The third-order valence-electron chi connectivity index (χ3n) is 2.48. The number of rotatable bonds is 3. The Labute approximate surface area is 107 Å². The van der Waals surface area contributed by atoms with E-state index in [0.717, 1.165) is 5.69 Å². The lowest BCUT2D eigenvalue weighted by molar-refractivity contribution is 0.0775. The molecule has 0 radical (unpaired) electrons. The molecule has 2 aromatic heterocycles. The number of carbonyl (C=O) groups is 1. The molecule has 0 aliphatic carbocycles. The number of aromatic amines is 1. The van der Waals surface area contributed by atoms with E-state index in [0.29, 0.717) is 16.7 Å². The van der Waals surface area contributed by atoms with Crippen LogP contribution in [0, 0.1) is 0 Å². The van der Waals surface area contributed by atoms with Gasteiger partial charge in [-0.1, -0.05) is 0 Å². The number of aryl methyl sites for hydroxylation is 1. The Bertz CT molecular complexity index is 532. The van der Waals surface area contributed by atoms with Crippen molar-refractivity contribution in [2.45, 2.75) is 6.54 Å². The van der Waals surface area contributed by atoms with Crippen molar-refractivity contribution >= 4 is 21.8 Å². The highest BCUT2D eigenvalue weighted by Gasteiger charge is 2.17. The van der Waals surface area contributed by atoms with Crippen molar-refractivity contribution in [3.05, 3.63) is 34.3 Å². The highest BCUT2D eigenvalue weighted by atomic mass is 79.9. The molecule has 2 aromatic rings. The Morgan fingerprint density at radius 2 is 2.41 bits per heavy atom. The SMILES string of the molecule is CN(Cc1ccnn1C)C(=O)c1[nH]ncc1Br. The first-order valence-electron chi connectivity index (χ1n) is 5.01. The second-order valence-electron chi connectivity index (χ2n) is 3.70. The molecular weight excluding hydrogens is 286 g/mol. The van der Waals surface area contributed by atoms with E-state index in [1.807, 2.05) is 13.1 Å². The molecular formula is C10H12BrN5O. The monoisotopic (exact) mass is 297 g/mol. The first-order valence-corrected chi connectivity index (χ1v) is 5.80. The van der Waals surface area contributed by atoms with Gasteiger partial charge in [-0.2, -0.15) is 10.2 Å². The number of H-pyrrole nitrogens is 1. The summed E-state index contributed by atoms with van der Waals surface area (Å²) in [7, 11) is 3.59. The molecule has 0 unspecified atom stereocenters. The summed E-state index contributed by atoms with van der Waals surface area (Å²) in [6.45, 7) is 0.501. The van der Waals surface area contributed by atoms with Crippen molar-refractivity contribution in [1.29, 1.82) is 0 Å². The van der Waals surface area contributed by atoms with Crippen LogP contribution in [0.5, 0.6) is 0 Å². The molecule has 0 aromatic carbocycles. The van der Waals surface area contributed by atoms with E-state index in [1.54, 1.807) is 29.0 Å². The molecule has 0 aliphatic heterocycles. The third kappa shape index (κ3) is 2.38. The van der Waals surface area contributed by atoms with Gasteiger partial charge in [-0.05, 0) is 22.0 Å². The van der Waals surface area contributed by atoms with Crippen LogP contribution in [0.25, 0.3) is 0 Å².